The van der Waals surface area contributed by atoms with Crippen molar-refractivity contribution >= 4 is 11.6 Å². The Hall–Kier alpha value is -0.640. The standard InChI is InChI=1S/C14H19ClFNO/c1-9(13-7-2-10(16)8-14(13)15)17-11-3-5-12(18)6-4-11/h2,7-9,11-12,17-18H,3-6H2,1H3. The average Bonchev–Trinajstić information content (AvgIpc) is 2.32. The first kappa shape index (κ1) is 13.8. The van der Waals surface area contributed by atoms with Crippen LogP contribution >= 0.6 is 11.6 Å². The minimum atomic E-state index is -0.309. The molecular formula is C14H19ClFNO. The van der Waals surface area contributed by atoms with Crippen LogP contribution in [0.1, 0.15) is 44.2 Å². The third kappa shape index (κ3) is 3.44. The largest absolute Gasteiger partial charge is 0.393 e. The smallest absolute Gasteiger partial charge is 0.124 e. The lowest BCUT2D eigenvalue weighted by Crippen LogP contribution is -2.36. The lowest BCUT2D eigenvalue weighted by molar-refractivity contribution is 0.114. The summed E-state index contributed by atoms with van der Waals surface area (Å²) in [7, 11) is 0. The minimum absolute atomic E-state index is 0.0957. The van der Waals surface area contributed by atoms with Gasteiger partial charge in [0.2, 0.25) is 0 Å². The van der Waals surface area contributed by atoms with Gasteiger partial charge in [-0.3, -0.25) is 0 Å². The number of rotatable bonds is 3. The lowest BCUT2D eigenvalue weighted by Gasteiger charge is -2.29. The fourth-order valence-electron chi connectivity index (χ4n) is 2.54. The Morgan fingerprint density at radius 2 is 2.00 bits per heavy atom. The van der Waals surface area contributed by atoms with Crippen LogP contribution in [0.15, 0.2) is 18.2 Å². The summed E-state index contributed by atoms with van der Waals surface area (Å²) in [5.41, 5.74) is 0.921. The third-order valence-electron chi connectivity index (χ3n) is 3.61. The van der Waals surface area contributed by atoms with Gasteiger partial charge in [-0.1, -0.05) is 17.7 Å². The van der Waals surface area contributed by atoms with Crippen molar-refractivity contribution in [1.82, 2.24) is 5.32 Å². The van der Waals surface area contributed by atoms with Gasteiger partial charge in [0.05, 0.1) is 6.10 Å². The van der Waals surface area contributed by atoms with Crippen molar-refractivity contribution in [2.24, 2.45) is 0 Å². The molecule has 2 N–H and O–H groups in total. The maximum Gasteiger partial charge on any atom is 0.124 e. The van der Waals surface area contributed by atoms with Gasteiger partial charge in [-0.05, 0) is 50.3 Å². The van der Waals surface area contributed by atoms with Crippen LogP contribution < -0.4 is 5.32 Å². The van der Waals surface area contributed by atoms with Gasteiger partial charge < -0.3 is 10.4 Å². The van der Waals surface area contributed by atoms with Crippen molar-refractivity contribution in [2.75, 3.05) is 0 Å². The highest BCUT2D eigenvalue weighted by Gasteiger charge is 2.21. The van der Waals surface area contributed by atoms with Crippen LogP contribution in [0.5, 0.6) is 0 Å². The van der Waals surface area contributed by atoms with E-state index in [-0.39, 0.29) is 18.0 Å². The van der Waals surface area contributed by atoms with Crippen molar-refractivity contribution in [3.63, 3.8) is 0 Å². The average molecular weight is 272 g/mol. The molecule has 0 aliphatic heterocycles. The van der Waals surface area contributed by atoms with Crippen molar-refractivity contribution < 1.29 is 9.50 Å². The lowest BCUT2D eigenvalue weighted by atomic mass is 9.92. The van der Waals surface area contributed by atoms with Crippen molar-refractivity contribution in [3.8, 4) is 0 Å². The molecule has 2 rings (SSSR count). The highest BCUT2D eigenvalue weighted by Crippen LogP contribution is 2.26. The van der Waals surface area contributed by atoms with Crippen LogP contribution in [0.25, 0.3) is 0 Å². The molecular weight excluding hydrogens is 253 g/mol. The van der Waals surface area contributed by atoms with E-state index in [0.29, 0.717) is 11.1 Å². The second kappa shape index (κ2) is 6.00. The summed E-state index contributed by atoms with van der Waals surface area (Å²) in [5.74, 6) is -0.309. The van der Waals surface area contributed by atoms with Crippen LogP contribution in [0.2, 0.25) is 5.02 Å². The van der Waals surface area contributed by atoms with Gasteiger partial charge in [-0.15, -0.1) is 0 Å². The molecule has 1 fully saturated rings. The Morgan fingerprint density at radius 3 is 2.61 bits per heavy atom. The molecule has 4 heteroatoms. The molecule has 0 heterocycles. The first-order valence-electron chi connectivity index (χ1n) is 6.45. The van der Waals surface area contributed by atoms with E-state index < -0.39 is 0 Å². The molecule has 18 heavy (non-hydrogen) atoms. The Kier molecular flexibility index (Phi) is 4.60. The van der Waals surface area contributed by atoms with Gasteiger partial charge >= 0.3 is 0 Å². The van der Waals surface area contributed by atoms with Crippen LogP contribution in [0.4, 0.5) is 4.39 Å². The minimum Gasteiger partial charge on any atom is -0.393 e. The molecule has 2 nitrogen and oxygen atoms in total. The van der Waals surface area contributed by atoms with E-state index in [1.807, 2.05) is 6.92 Å². The molecule has 1 aromatic carbocycles. The van der Waals surface area contributed by atoms with Gasteiger partial charge in [0.15, 0.2) is 0 Å². The fraction of sp³-hybridized carbons (Fsp3) is 0.571. The second-order valence-electron chi connectivity index (χ2n) is 5.06. The number of hydrogen-bond acceptors (Lipinski definition) is 2. The molecule has 100 valence electrons. The number of aliphatic hydroxyl groups excluding tert-OH is 1. The number of nitrogens with one attached hydrogen (secondary N) is 1. The normalized spacial score (nSPS) is 26.0. The van der Waals surface area contributed by atoms with E-state index in [9.17, 15) is 9.50 Å². The SMILES string of the molecule is CC(NC1CCC(O)CC1)c1ccc(F)cc1Cl. The molecule has 1 aliphatic carbocycles. The summed E-state index contributed by atoms with van der Waals surface area (Å²) < 4.78 is 13.0. The summed E-state index contributed by atoms with van der Waals surface area (Å²) in [6.07, 6.45) is 3.50. The van der Waals surface area contributed by atoms with Crippen LogP contribution in [-0.2, 0) is 0 Å². The molecule has 0 radical (unpaired) electrons. The Bertz CT molecular complexity index is 405. The van der Waals surface area contributed by atoms with Crippen molar-refractivity contribution in [3.05, 3.63) is 34.6 Å². The number of hydrogen-bond donors (Lipinski definition) is 2. The van der Waals surface area contributed by atoms with E-state index in [1.165, 1.54) is 12.1 Å². The molecule has 1 aromatic rings. The topological polar surface area (TPSA) is 32.3 Å². The summed E-state index contributed by atoms with van der Waals surface area (Å²) in [6, 6.07) is 5.01. The summed E-state index contributed by atoms with van der Waals surface area (Å²) in [4.78, 5) is 0. The maximum absolute atomic E-state index is 13.0. The Morgan fingerprint density at radius 1 is 1.33 bits per heavy atom. The molecule has 1 unspecified atom stereocenters. The van der Waals surface area contributed by atoms with E-state index in [4.69, 9.17) is 11.6 Å². The highest BCUT2D eigenvalue weighted by molar-refractivity contribution is 6.31. The van der Waals surface area contributed by atoms with Gasteiger partial charge in [-0.2, -0.15) is 0 Å². The molecule has 0 amide bonds. The van der Waals surface area contributed by atoms with Gasteiger partial charge in [0.25, 0.3) is 0 Å². The van der Waals surface area contributed by atoms with Crippen molar-refractivity contribution in [1.29, 1.82) is 0 Å². The van der Waals surface area contributed by atoms with Crippen LogP contribution in [0, 0.1) is 5.82 Å². The Labute approximate surface area is 112 Å². The predicted octanol–water partition coefficient (Wildman–Crippen LogP) is 3.43. The second-order valence-corrected chi connectivity index (χ2v) is 5.47. The highest BCUT2D eigenvalue weighted by atomic mass is 35.5. The summed E-state index contributed by atoms with van der Waals surface area (Å²) in [5, 5.41) is 13.4. The van der Waals surface area contributed by atoms with Crippen LogP contribution in [-0.4, -0.2) is 17.3 Å². The first-order chi connectivity index (χ1) is 8.56. The fourth-order valence-corrected chi connectivity index (χ4v) is 2.87. The molecule has 1 atom stereocenters. The van der Waals surface area contributed by atoms with Gasteiger partial charge in [-0.25, -0.2) is 4.39 Å². The molecule has 0 spiro atoms. The molecule has 0 bridgehead atoms. The quantitative estimate of drug-likeness (QED) is 0.883. The third-order valence-corrected chi connectivity index (χ3v) is 3.94. The number of aliphatic hydroxyl groups is 1. The zero-order valence-corrected chi connectivity index (χ0v) is 11.3. The number of halogens is 2. The van der Waals surface area contributed by atoms with Crippen molar-refractivity contribution in [2.45, 2.75) is 50.8 Å². The summed E-state index contributed by atoms with van der Waals surface area (Å²) >= 11 is 6.05. The zero-order valence-electron chi connectivity index (χ0n) is 10.5. The van der Waals surface area contributed by atoms with E-state index in [2.05, 4.69) is 5.32 Å². The maximum atomic E-state index is 13.0. The van der Waals surface area contributed by atoms with E-state index in [1.54, 1.807) is 6.07 Å². The van der Waals surface area contributed by atoms with Gasteiger partial charge in [0, 0.05) is 17.1 Å². The molecule has 0 saturated heterocycles. The molecule has 1 saturated carbocycles. The van der Waals surface area contributed by atoms with Gasteiger partial charge in [0.1, 0.15) is 5.82 Å². The predicted molar refractivity (Wildman–Crippen MR) is 71.2 cm³/mol. The van der Waals surface area contributed by atoms with E-state index in [0.717, 1.165) is 31.2 Å². The van der Waals surface area contributed by atoms with Crippen LogP contribution in [0.3, 0.4) is 0 Å². The van der Waals surface area contributed by atoms with E-state index >= 15 is 0 Å². The zero-order chi connectivity index (χ0) is 13.1. The molecule has 0 aromatic heterocycles. The Balaban J connectivity index is 1.97. The summed E-state index contributed by atoms with van der Waals surface area (Å²) in [6.45, 7) is 2.03. The monoisotopic (exact) mass is 271 g/mol. The molecule has 1 aliphatic rings. The first-order valence-corrected chi connectivity index (χ1v) is 6.83. The number of benzene rings is 1.